The van der Waals surface area contributed by atoms with E-state index in [1.54, 1.807) is 4.90 Å². The zero-order valence-corrected chi connectivity index (χ0v) is 15.5. The Labute approximate surface area is 153 Å². The second-order valence-corrected chi connectivity index (χ2v) is 9.19. The highest BCUT2D eigenvalue weighted by Gasteiger charge is 2.38. The van der Waals surface area contributed by atoms with Crippen molar-refractivity contribution in [1.82, 2.24) is 9.88 Å². The molecule has 1 aromatic heterocycles. The first-order valence-corrected chi connectivity index (χ1v) is 10.9. The predicted octanol–water partition coefficient (Wildman–Crippen LogP) is 1.59. The maximum Gasteiger partial charge on any atom is 0.338 e. The number of aromatic nitrogens is 1. The summed E-state index contributed by atoms with van der Waals surface area (Å²) < 4.78 is 28.9. The summed E-state index contributed by atoms with van der Waals surface area (Å²) in [6.45, 7) is -0.367. The highest BCUT2D eigenvalue weighted by molar-refractivity contribution is 7.91. The topological polar surface area (TPSA) is 93.6 Å². The molecule has 1 saturated carbocycles. The van der Waals surface area contributed by atoms with E-state index in [2.05, 4.69) is 4.98 Å². The van der Waals surface area contributed by atoms with Crippen LogP contribution in [-0.2, 0) is 19.4 Å². The molecule has 0 radical (unpaired) electrons. The van der Waals surface area contributed by atoms with Gasteiger partial charge in [0.2, 0.25) is 0 Å². The van der Waals surface area contributed by atoms with Crippen molar-refractivity contribution in [2.45, 2.75) is 50.6 Å². The van der Waals surface area contributed by atoms with Crippen LogP contribution in [-0.4, -0.2) is 60.4 Å². The SMILES string of the molecule is O=C(OCC(=O)N(C1CCCCC1)[C@@H]1CCS(=O)(=O)C1)c1ccncc1. The summed E-state index contributed by atoms with van der Waals surface area (Å²) in [6.07, 6.45) is 8.38. The van der Waals surface area contributed by atoms with Crippen molar-refractivity contribution >= 4 is 21.7 Å². The first-order chi connectivity index (χ1) is 12.5. The Morgan fingerprint density at radius 1 is 1.08 bits per heavy atom. The average Bonchev–Trinajstić information content (AvgIpc) is 3.01. The lowest BCUT2D eigenvalue weighted by Gasteiger charge is -2.38. The summed E-state index contributed by atoms with van der Waals surface area (Å²) in [5.41, 5.74) is 0.334. The van der Waals surface area contributed by atoms with Crippen LogP contribution in [0.3, 0.4) is 0 Å². The van der Waals surface area contributed by atoms with Gasteiger partial charge in [-0.25, -0.2) is 13.2 Å². The van der Waals surface area contributed by atoms with E-state index in [0.717, 1.165) is 32.1 Å². The Morgan fingerprint density at radius 3 is 2.38 bits per heavy atom. The minimum Gasteiger partial charge on any atom is -0.452 e. The molecule has 2 fully saturated rings. The Kier molecular flexibility index (Phi) is 5.90. The third kappa shape index (κ3) is 4.60. The zero-order chi connectivity index (χ0) is 18.6. The van der Waals surface area contributed by atoms with Crippen LogP contribution in [0.4, 0.5) is 0 Å². The smallest absolute Gasteiger partial charge is 0.338 e. The Hall–Kier alpha value is -1.96. The molecule has 142 valence electrons. The van der Waals surface area contributed by atoms with Gasteiger partial charge < -0.3 is 9.64 Å². The number of sulfone groups is 1. The fraction of sp³-hybridized carbons (Fsp3) is 0.611. The van der Waals surface area contributed by atoms with Gasteiger partial charge in [0.25, 0.3) is 5.91 Å². The highest BCUT2D eigenvalue weighted by Crippen LogP contribution is 2.28. The number of ether oxygens (including phenoxy) is 1. The summed E-state index contributed by atoms with van der Waals surface area (Å²) in [4.78, 5) is 30.4. The fourth-order valence-electron chi connectivity index (χ4n) is 3.83. The maximum atomic E-state index is 12.8. The molecule has 1 aromatic rings. The standard InChI is InChI=1S/C18H24N2O5S/c21-17(12-25-18(22)14-6-9-19-10-7-14)20(15-4-2-1-3-5-15)16-8-11-26(23,24)13-16/h6-7,9-10,15-16H,1-5,8,11-13H2/t16-/m1/s1. The van der Waals surface area contributed by atoms with Gasteiger partial charge in [-0.2, -0.15) is 0 Å². The van der Waals surface area contributed by atoms with Gasteiger partial charge in [0.1, 0.15) is 0 Å². The van der Waals surface area contributed by atoms with E-state index in [4.69, 9.17) is 4.74 Å². The number of nitrogens with zero attached hydrogens (tertiary/aromatic N) is 2. The van der Waals surface area contributed by atoms with E-state index >= 15 is 0 Å². The lowest BCUT2D eigenvalue weighted by atomic mass is 9.93. The van der Waals surface area contributed by atoms with Gasteiger partial charge in [-0.05, 0) is 31.4 Å². The van der Waals surface area contributed by atoms with E-state index in [-0.39, 0.29) is 36.1 Å². The monoisotopic (exact) mass is 380 g/mol. The molecule has 26 heavy (non-hydrogen) atoms. The molecule has 2 heterocycles. The van der Waals surface area contributed by atoms with Crippen LogP contribution < -0.4 is 0 Å². The molecule has 8 heteroatoms. The van der Waals surface area contributed by atoms with Gasteiger partial charge in [0.15, 0.2) is 16.4 Å². The van der Waals surface area contributed by atoms with Crippen molar-refractivity contribution in [2.24, 2.45) is 0 Å². The molecule has 0 spiro atoms. The van der Waals surface area contributed by atoms with Crippen LogP contribution in [0.25, 0.3) is 0 Å². The molecule has 7 nitrogen and oxygen atoms in total. The fourth-order valence-corrected chi connectivity index (χ4v) is 5.54. The summed E-state index contributed by atoms with van der Waals surface area (Å²) in [6, 6.07) is 2.77. The van der Waals surface area contributed by atoms with E-state index in [0.29, 0.717) is 12.0 Å². The van der Waals surface area contributed by atoms with Crippen molar-refractivity contribution in [3.63, 3.8) is 0 Å². The third-order valence-corrected chi connectivity index (χ3v) is 6.85. The van der Waals surface area contributed by atoms with Gasteiger partial charge in [0.05, 0.1) is 17.1 Å². The first kappa shape index (κ1) is 18.8. The molecule has 3 rings (SSSR count). The van der Waals surface area contributed by atoms with E-state index in [1.807, 2.05) is 0 Å². The van der Waals surface area contributed by atoms with Crippen molar-refractivity contribution in [3.8, 4) is 0 Å². The van der Waals surface area contributed by atoms with Crippen LogP contribution in [0.2, 0.25) is 0 Å². The second-order valence-electron chi connectivity index (χ2n) is 6.96. The first-order valence-electron chi connectivity index (χ1n) is 9.05. The maximum absolute atomic E-state index is 12.8. The third-order valence-electron chi connectivity index (χ3n) is 5.10. The van der Waals surface area contributed by atoms with Crippen molar-refractivity contribution in [2.75, 3.05) is 18.1 Å². The molecule has 1 aliphatic heterocycles. The molecular formula is C18H24N2O5S. The van der Waals surface area contributed by atoms with E-state index < -0.39 is 15.8 Å². The molecule has 1 amide bonds. The molecule has 0 unspecified atom stereocenters. The summed E-state index contributed by atoms with van der Waals surface area (Å²) in [5, 5.41) is 0. The van der Waals surface area contributed by atoms with Crippen molar-refractivity contribution in [3.05, 3.63) is 30.1 Å². The van der Waals surface area contributed by atoms with Crippen LogP contribution >= 0.6 is 0 Å². The van der Waals surface area contributed by atoms with Gasteiger partial charge in [0, 0.05) is 24.5 Å². The Balaban J connectivity index is 1.67. The van der Waals surface area contributed by atoms with E-state index in [9.17, 15) is 18.0 Å². The summed E-state index contributed by atoms with van der Waals surface area (Å²) in [5.74, 6) is -0.761. The predicted molar refractivity (Wildman–Crippen MR) is 95.3 cm³/mol. The van der Waals surface area contributed by atoms with Crippen LogP contribution in [0, 0.1) is 0 Å². The highest BCUT2D eigenvalue weighted by atomic mass is 32.2. The number of carbonyl (C=O) groups excluding carboxylic acids is 2. The number of esters is 1. The van der Waals surface area contributed by atoms with Gasteiger partial charge in [-0.1, -0.05) is 19.3 Å². The van der Waals surface area contributed by atoms with Crippen LogP contribution in [0.1, 0.15) is 48.9 Å². The van der Waals surface area contributed by atoms with Crippen LogP contribution in [0.5, 0.6) is 0 Å². The molecule has 2 aliphatic rings. The molecule has 0 aromatic carbocycles. The number of rotatable bonds is 5. The normalized spacial score (nSPS) is 22.7. The number of hydrogen-bond acceptors (Lipinski definition) is 6. The summed E-state index contributed by atoms with van der Waals surface area (Å²) >= 11 is 0. The minimum atomic E-state index is -3.10. The molecule has 0 N–H and O–H groups in total. The Bertz CT molecular complexity index is 744. The minimum absolute atomic E-state index is 0.00748. The van der Waals surface area contributed by atoms with Gasteiger partial charge >= 0.3 is 5.97 Å². The summed E-state index contributed by atoms with van der Waals surface area (Å²) in [7, 11) is -3.10. The van der Waals surface area contributed by atoms with Crippen molar-refractivity contribution < 1.29 is 22.7 Å². The average molecular weight is 380 g/mol. The number of carbonyl (C=O) groups is 2. The molecule has 1 aliphatic carbocycles. The number of pyridine rings is 1. The molecule has 1 saturated heterocycles. The Morgan fingerprint density at radius 2 is 1.77 bits per heavy atom. The number of hydrogen-bond donors (Lipinski definition) is 0. The van der Waals surface area contributed by atoms with Gasteiger partial charge in [-0.15, -0.1) is 0 Å². The van der Waals surface area contributed by atoms with E-state index in [1.165, 1.54) is 24.5 Å². The van der Waals surface area contributed by atoms with Crippen LogP contribution in [0.15, 0.2) is 24.5 Å². The second kappa shape index (κ2) is 8.16. The molecular weight excluding hydrogens is 356 g/mol. The molecule has 1 atom stereocenters. The largest absolute Gasteiger partial charge is 0.452 e. The lowest BCUT2D eigenvalue weighted by molar-refractivity contribution is -0.140. The lowest BCUT2D eigenvalue weighted by Crippen LogP contribution is -2.50. The zero-order valence-electron chi connectivity index (χ0n) is 14.7. The quantitative estimate of drug-likeness (QED) is 0.720. The number of amides is 1. The molecule has 0 bridgehead atoms. The van der Waals surface area contributed by atoms with Gasteiger partial charge in [-0.3, -0.25) is 9.78 Å². The van der Waals surface area contributed by atoms with Crippen molar-refractivity contribution in [1.29, 1.82) is 0 Å².